The van der Waals surface area contributed by atoms with Crippen molar-refractivity contribution in [3.05, 3.63) is 11.6 Å². The molecule has 0 aromatic carbocycles. The van der Waals surface area contributed by atoms with Crippen LogP contribution >= 0.6 is 0 Å². The Bertz CT molecular complexity index is 480. The number of carbonyl (C=O) groups is 2. The number of rotatable bonds is 22. The van der Waals surface area contributed by atoms with Crippen LogP contribution in [0.2, 0.25) is 0 Å². The Morgan fingerprint density at radius 1 is 0.688 bits per heavy atom. The number of carbonyl (C=O) groups excluding carboxylic acids is 2. The molecule has 4 nitrogen and oxygen atoms in total. The molecule has 1 unspecified atom stereocenters. The monoisotopic (exact) mass is 452 g/mol. The van der Waals surface area contributed by atoms with Gasteiger partial charge in [-0.05, 0) is 45.4 Å². The number of hydrogen-bond donors (Lipinski definition) is 0. The van der Waals surface area contributed by atoms with Crippen molar-refractivity contribution in [1.29, 1.82) is 0 Å². The second-order valence-electron chi connectivity index (χ2n) is 9.58. The summed E-state index contributed by atoms with van der Waals surface area (Å²) in [7, 11) is 0. The number of allylic oxidation sites excluding steroid dienone is 2. The van der Waals surface area contributed by atoms with Gasteiger partial charge in [0.2, 0.25) is 0 Å². The fourth-order valence-electron chi connectivity index (χ4n) is 3.65. The zero-order valence-electron chi connectivity index (χ0n) is 21.7. The molecule has 0 aromatic heterocycles. The van der Waals surface area contributed by atoms with Crippen LogP contribution in [0.25, 0.3) is 0 Å². The molecule has 0 aromatic rings. The van der Waals surface area contributed by atoms with E-state index in [1.165, 1.54) is 69.8 Å². The van der Waals surface area contributed by atoms with Crippen LogP contribution in [0.5, 0.6) is 0 Å². The maximum absolute atomic E-state index is 11.8. The SMILES string of the molecule is CCCCCCCCCCCCCCOC(=O)CCC(=O)OCCC(C)CCC=C(C)C. The third-order valence-corrected chi connectivity index (χ3v) is 5.88. The van der Waals surface area contributed by atoms with Crippen LogP contribution in [-0.2, 0) is 19.1 Å². The summed E-state index contributed by atoms with van der Waals surface area (Å²) >= 11 is 0. The van der Waals surface area contributed by atoms with Crippen LogP contribution in [0.4, 0.5) is 0 Å². The van der Waals surface area contributed by atoms with Gasteiger partial charge in [0.05, 0.1) is 26.1 Å². The average molecular weight is 453 g/mol. The van der Waals surface area contributed by atoms with Crippen LogP contribution in [0.15, 0.2) is 11.6 Å². The summed E-state index contributed by atoms with van der Waals surface area (Å²) in [6, 6.07) is 0. The van der Waals surface area contributed by atoms with Crippen LogP contribution in [0.1, 0.15) is 137 Å². The largest absolute Gasteiger partial charge is 0.466 e. The first kappa shape index (κ1) is 30.7. The van der Waals surface area contributed by atoms with Gasteiger partial charge in [-0.15, -0.1) is 0 Å². The summed E-state index contributed by atoms with van der Waals surface area (Å²) in [6.45, 7) is 9.55. The normalized spacial score (nSPS) is 11.8. The van der Waals surface area contributed by atoms with Crippen molar-refractivity contribution in [2.24, 2.45) is 5.92 Å². The molecular formula is C28H52O4. The van der Waals surface area contributed by atoms with E-state index in [1.807, 2.05) is 0 Å². The summed E-state index contributed by atoms with van der Waals surface area (Å²) in [5.41, 5.74) is 1.34. The molecule has 0 saturated carbocycles. The maximum atomic E-state index is 11.8. The van der Waals surface area contributed by atoms with Gasteiger partial charge in [-0.25, -0.2) is 0 Å². The Kier molecular flexibility index (Phi) is 21.9. The quantitative estimate of drug-likeness (QED) is 0.0941. The van der Waals surface area contributed by atoms with E-state index in [-0.39, 0.29) is 24.8 Å². The van der Waals surface area contributed by atoms with E-state index >= 15 is 0 Å². The summed E-state index contributed by atoms with van der Waals surface area (Å²) in [4.78, 5) is 23.6. The van der Waals surface area contributed by atoms with Crippen LogP contribution in [0, 0.1) is 5.92 Å². The molecule has 0 N–H and O–H groups in total. The summed E-state index contributed by atoms with van der Waals surface area (Å²) < 4.78 is 10.5. The Morgan fingerprint density at radius 3 is 1.66 bits per heavy atom. The number of hydrogen-bond acceptors (Lipinski definition) is 4. The van der Waals surface area contributed by atoms with E-state index in [4.69, 9.17) is 9.47 Å². The molecule has 0 radical (unpaired) electrons. The first-order valence-electron chi connectivity index (χ1n) is 13.4. The molecule has 0 spiro atoms. The lowest BCUT2D eigenvalue weighted by atomic mass is 10.0. The first-order valence-corrected chi connectivity index (χ1v) is 13.4. The predicted octanol–water partition coefficient (Wildman–Crippen LogP) is 8.33. The Balaban J connectivity index is 3.43. The number of unbranched alkanes of at least 4 members (excludes halogenated alkanes) is 11. The van der Waals surface area contributed by atoms with E-state index in [1.54, 1.807) is 0 Å². The van der Waals surface area contributed by atoms with Gasteiger partial charge in [-0.2, -0.15) is 0 Å². The van der Waals surface area contributed by atoms with Crippen molar-refractivity contribution in [1.82, 2.24) is 0 Å². The Hall–Kier alpha value is -1.32. The van der Waals surface area contributed by atoms with Gasteiger partial charge in [-0.1, -0.05) is 96.1 Å². The molecule has 4 heteroatoms. The van der Waals surface area contributed by atoms with Crippen LogP contribution in [-0.4, -0.2) is 25.2 Å². The molecule has 0 aliphatic rings. The van der Waals surface area contributed by atoms with E-state index in [2.05, 4.69) is 33.8 Å². The topological polar surface area (TPSA) is 52.6 Å². The maximum Gasteiger partial charge on any atom is 0.306 e. The number of ether oxygens (including phenoxy) is 2. The van der Waals surface area contributed by atoms with E-state index in [0.29, 0.717) is 19.1 Å². The Morgan fingerprint density at radius 2 is 1.16 bits per heavy atom. The van der Waals surface area contributed by atoms with Crippen molar-refractivity contribution >= 4 is 11.9 Å². The highest BCUT2D eigenvalue weighted by atomic mass is 16.5. The zero-order valence-corrected chi connectivity index (χ0v) is 21.7. The summed E-state index contributed by atoms with van der Waals surface area (Å²) in [5.74, 6) is -0.0668. The zero-order chi connectivity index (χ0) is 23.9. The summed E-state index contributed by atoms with van der Waals surface area (Å²) in [6.07, 6.45) is 21.0. The van der Waals surface area contributed by atoms with Crippen molar-refractivity contribution < 1.29 is 19.1 Å². The highest BCUT2D eigenvalue weighted by Gasteiger charge is 2.10. The molecule has 0 amide bonds. The van der Waals surface area contributed by atoms with Gasteiger partial charge in [0.1, 0.15) is 0 Å². The van der Waals surface area contributed by atoms with Crippen molar-refractivity contribution in [3.8, 4) is 0 Å². The molecule has 188 valence electrons. The first-order chi connectivity index (χ1) is 15.5. The highest BCUT2D eigenvalue weighted by molar-refractivity contribution is 5.77. The minimum atomic E-state index is -0.302. The summed E-state index contributed by atoms with van der Waals surface area (Å²) in [5, 5.41) is 0. The third kappa shape index (κ3) is 23.3. The van der Waals surface area contributed by atoms with Crippen LogP contribution in [0.3, 0.4) is 0 Å². The molecule has 32 heavy (non-hydrogen) atoms. The Labute approximate surface area is 198 Å². The molecule has 0 aliphatic heterocycles. The lowest BCUT2D eigenvalue weighted by molar-refractivity contribution is -0.150. The fourth-order valence-corrected chi connectivity index (χ4v) is 3.65. The van der Waals surface area contributed by atoms with E-state index < -0.39 is 0 Å². The van der Waals surface area contributed by atoms with E-state index in [9.17, 15) is 9.59 Å². The molecule has 0 fully saturated rings. The highest BCUT2D eigenvalue weighted by Crippen LogP contribution is 2.13. The van der Waals surface area contributed by atoms with Crippen molar-refractivity contribution in [2.45, 2.75) is 137 Å². The standard InChI is InChI=1S/C28H52O4/c1-5-6-7-8-9-10-11-12-13-14-15-16-23-31-27(29)20-21-28(30)32-24-22-26(4)19-17-18-25(2)3/h18,26H,5-17,19-24H2,1-4H3. The molecule has 1 atom stereocenters. The fraction of sp³-hybridized carbons (Fsp3) is 0.857. The van der Waals surface area contributed by atoms with Gasteiger partial charge in [-0.3, -0.25) is 9.59 Å². The van der Waals surface area contributed by atoms with Gasteiger partial charge >= 0.3 is 11.9 Å². The van der Waals surface area contributed by atoms with Crippen LogP contribution < -0.4 is 0 Å². The van der Waals surface area contributed by atoms with Crippen molar-refractivity contribution in [3.63, 3.8) is 0 Å². The molecule has 0 heterocycles. The minimum absolute atomic E-state index is 0.115. The molecular weight excluding hydrogens is 400 g/mol. The van der Waals surface area contributed by atoms with Gasteiger partial charge in [0.15, 0.2) is 0 Å². The van der Waals surface area contributed by atoms with Crippen molar-refractivity contribution in [2.75, 3.05) is 13.2 Å². The molecule has 0 saturated heterocycles. The molecule has 0 bridgehead atoms. The van der Waals surface area contributed by atoms with Gasteiger partial charge in [0.25, 0.3) is 0 Å². The average Bonchev–Trinajstić information content (AvgIpc) is 2.75. The lowest BCUT2D eigenvalue weighted by Gasteiger charge is -2.10. The number of esters is 2. The molecule has 0 aliphatic carbocycles. The molecule has 0 rings (SSSR count). The third-order valence-electron chi connectivity index (χ3n) is 5.88. The lowest BCUT2D eigenvalue weighted by Crippen LogP contribution is -2.12. The van der Waals surface area contributed by atoms with Gasteiger partial charge in [0, 0.05) is 0 Å². The predicted molar refractivity (Wildman–Crippen MR) is 135 cm³/mol. The second-order valence-corrected chi connectivity index (χ2v) is 9.58. The second kappa shape index (κ2) is 22.9. The smallest absolute Gasteiger partial charge is 0.306 e. The van der Waals surface area contributed by atoms with Gasteiger partial charge < -0.3 is 9.47 Å². The van der Waals surface area contributed by atoms with E-state index in [0.717, 1.165) is 32.1 Å². The minimum Gasteiger partial charge on any atom is -0.466 e.